The van der Waals surface area contributed by atoms with Gasteiger partial charge in [0, 0.05) is 34.6 Å². The highest BCUT2D eigenvalue weighted by atomic mass is 35.5. The molecule has 146 valence electrons. The lowest BCUT2D eigenvalue weighted by Gasteiger charge is -2.32. The fraction of sp³-hybridized carbons (Fsp3) is 0.667. The second-order valence-corrected chi connectivity index (χ2v) is 8.23. The van der Waals surface area contributed by atoms with Crippen LogP contribution in [0.2, 0.25) is 10.0 Å². The van der Waals surface area contributed by atoms with Gasteiger partial charge in [-0.25, -0.2) is 0 Å². The smallest absolute Gasteiger partial charge is 0.223 e. The standard InChI is InChI=1S/C21H32Cl2N2O/c1-3-5-7-16(4-2)14-24-21(26)17-10-12-25(13-11-17)15-18-19(22)8-6-9-20(18)23/h6,8-9,16-17H,3-5,7,10-15H2,1-2H3,(H,24,26)/t16-/m1/s1. The molecule has 1 fully saturated rings. The zero-order valence-electron chi connectivity index (χ0n) is 16.1. The van der Waals surface area contributed by atoms with E-state index < -0.39 is 0 Å². The second kappa shape index (κ2) is 11.2. The van der Waals surface area contributed by atoms with Gasteiger partial charge in [0.15, 0.2) is 0 Å². The molecule has 2 rings (SSSR count). The average Bonchev–Trinajstić information content (AvgIpc) is 2.65. The van der Waals surface area contributed by atoms with E-state index in [0.29, 0.717) is 5.92 Å². The monoisotopic (exact) mass is 398 g/mol. The van der Waals surface area contributed by atoms with Crippen LogP contribution in [0.5, 0.6) is 0 Å². The first-order valence-corrected chi connectivity index (χ1v) is 10.7. The van der Waals surface area contributed by atoms with Crippen molar-refractivity contribution in [2.45, 2.75) is 58.9 Å². The number of unbranched alkanes of at least 4 members (excludes halogenated alkanes) is 1. The molecule has 1 heterocycles. The number of carbonyl (C=O) groups excluding carboxylic acids is 1. The number of likely N-dealkylation sites (tertiary alicyclic amines) is 1. The van der Waals surface area contributed by atoms with E-state index in [1.807, 2.05) is 18.2 Å². The highest BCUT2D eigenvalue weighted by Crippen LogP contribution is 2.27. The van der Waals surface area contributed by atoms with Crippen LogP contribution in [0.1, 0.15) is 57.9 Å². The summed E-state index contributed by atoms with van der Waals surface area (Å²) in [5.74, 6) is 0.980. The van der Waals surface area contributed by atoms with Gasteiger partial charge in [0.1, 0.15) is 0 Å². The van der Waals surface area contributed by atoms with Gasteiger partial charge in [-0.2, -0.15) is 0 Å². The number of hydrogen-bond acceptors (Lipinski definition) is 2. The van der Waals surface area contributed by atoms with Gasteiger partial charge < -0.3 is 5.32 Å². The van der Waals surface area contributed by atoms with Gasteiger partial charge in [0.05, 0.1) is 0 Å². The number of halogens is 2. The molecule has 0 bridgehead atoms. The Balaban J connectivity index is 1.76. The number of nitrogens with zero attached hydrogens (tertiary/aromatic N) is 1. The quantitative estimate of drug-likeness (QED) is 0.592. The Kier molecular flexibility index (Phi) is 9.24. The summed E-state index contributed by atoms with van der Waals surface area (Å²) in [7, 11) is 0. The summed E-state index contributed by atoms with van der Waals surface area (Å²) in [5.41, 5.74) is 0.987. The summed E-state index contributed by atoms with van der Waals surface area (Å²) in [6.45, 7) is 7.83. The predicted octanol–water partition coefficient (Wildman–Crippen LogP) is 5.54. The molecule has 1 N–H and O–H groups in total. The summed E-state index contributed by atoms with van der Waals surface area (Å²) < 4.78 is 0. The molecule has 1 amide bonds. The van der Waals surface area contributed by atoms with Crippen molar-refractivity contribution >= 4 is 29.1 Å². The van der Waals surface area contributed by atoms with Crippen LogP contribution in [0.15, 0.2) is 18.2 Å². The normalized spacial score (nSPS) is 17.2. The first kappa shape index (κ1) is 21.5. The largest absolute Gasteiger partial charge is 0.356 e. The predicted molar refractivity (Wildman–Crippen MR) is 111 cm³/mol. The zero-order chi connectivity index (χ0) is 18.9. The summed E-state index contributed by atoms with van der Waals surface area (Å²) in [5, 5.41) is 4.63. The van der Waals surface area contributed by atoms with E-state index in [0.717, 1.165) is 61.1 Å². The molecular weight excluding hydrogens is 367 g/mol. The lowest BCUT2D eigenvalue weighted by Crippen LogP contribution is -2.41. The highest BCUT2D eigenvalue weighted by molar-refractivity contribution is 6.35. The fourth-order valence-corrected chi connectivity index (χ4v) is 4.11. The molecule has 3 nitrogen and oxygen atoms in total. The van der Waals surface area contributed by atoms with Crippen LogP contribution in [-0.2, 0) is 11.3 Å². The van der Waals surface area contributed by atoms with Crippen molar-refractivity contribution in [1.82, 2.24) is 10.2 Å². The third-order valence-electron chi connectivity index (χ3n) is 5.51. The van der Waals surface area contributed by atoms with Crippen LogP contribution in [0.3, 0.4) is 0 Å². The molecule has 0 spiro atoms. The van der Waals surface area contributed by atoms with Crippen molar-refractivity contribution in [2.24, 2.45) is 11.8 Å². The van der Waals surface area contributed by atoms with Crippen molar-refractivity contribution in [3.63, 3.8) is 0 Å². The van der Waals surface area contributed by atoms with E-state index >= 15 is 0 Å². The van der Waals surface area contributed by atoms with Gasteiger partial charge in [-0.3, -0.25) is 9.69 Å². The number of nitrogens with one attached hydrogen (secondary N) is 1. The molecule has 1 aliphatic heterocycles. The number of amides is 1. The molecule has 0 saturated carbocycles. The zero-order valence-corrected chi connectivity index (χ0v) is 17.6. The van der Waals surface area contributed by atoms with Crippen LogP contribution in [0.25, 0.3) is 0 Å². The summed E-state index contributed by atoms with van der Waals surface area (Å²) >= 11 is 12.5. The van der Waals surface area contributed by atoms with Gasteiger partial charge in [0.2, 0.25) is 5.91 Å². The van der Waals surface area contributed by atoms with Crippen LogP contribution < -0.4 is 5.32 Å². The Morgan fingerprint density at radius 3 is 2.46 bits per heavy atom. The molecule has 5 heteroatoms. The maximum absolute atomic E-state index is 12.5. The topological polar surface area (TPSA) is 32.3 Å². The number of benzene rings is 1. The van der Waals surface area contributed by atoms with E-state index in [4.69, 9.17) is 23.2 Å². The molecule has 1 atom stereocenters. The minimum atomic E-state index is 0.136. The van der Waals surface area contributed by atoms with Gasteiger partial charge >= 0.3 is 0 Å². The van der Waals surface area contributed by atoms with E-state index in [1.54, 1.807) is 0 Å². The Hall–Kier alpha value is -0.770. The average molecular weight is 399 g/mol. The van der Waals surface area contributed by atoms with Crippen LogP contribution in [-0.4, -0.2) is 30.4 Å². The minimum absolute atomic E-state index is 0.136. The molecule has 0 aliphatic carbocycles. The number of hydrogen-bond donors (Lipinski definition) is 1. The third-order valence-corrected chi connectivity index (χ3v) is 6.22. The van der Waals surface area contributed by atoms with Crippen LogP contribution in [0.4, 0.5) is 0 Å². The lowest BCUT2D eigenvalue weighted by atomic mass is 9.94. The molecular formula is C21H32Cl2N2O. The van der Waals surface area contributed by atoms with Crippen molar-refractivity contribution in [3.05, 3.63) is 33.8 Å². The molecule has 1 aliphatic rings. The van der Waals surface area contributed by atoms with E-state index in [2.05, 4.69) is 24.1 Å². The summed E-state index contributed by atoms with van der Waals surface area (Å²) in [6.07, 6.45) is 6.62. The van der Waals surface area contributed by atoms with Crippen molar-refractivity contribution in [1.29, 1.82) is 0 Å². The first-order chi connectivity index (χ1) is 12.5. The SMILES string of the molecule is CCCC[C@@H](CC)CNC(=O)C1CCN(Cc2c(Cl)cccc2Cl)CC1. The molecule has 1 aromatic carbocycles. The Labute approximate surface area is 168 Å². The Bertz CT molecular complexity index is 551. The number of rotatable bonds is 9. The number of piperidine rings is 1. The second-order valence-electron chi connectivity index (χ2n) is 7.41. The van der Waals surface area contributed by atoms with Crippen molar-refractivity contribution in [3.8, 4) is 0 Å². The highest BCUT2D eigenvalue weighted by Gasteiger charge is 2.25. The van der Waals surface area contributed by atoms with Crippen LogP contribution in [0, 0.1) is 11.8 Å². The third kappa shape index (κ3) is 6.44. The maximum atomic E-state index is 12.5. The molecule has 0 radical (unpaired) electrons. The van der Waals surface area contributed by atoms with Crippen molar-refractivity contribution in [2.75, 3.05) is 19.6 Å². The number of carbonyl (C=O) groups is 1. The van der Waals surface area contributed by atoms with Gasteiger partial charge in [-0.05, 0) is 50.4 Å². The van der Waals surface area contributed by atoms with Crippen molar-refractivity contribution < 1.29 is 4.79 Å². The van der Waals surface area contributed by atoms with E-state index in [1.165, 1.54) is 19.3 Å². The molecule has 0 aromatic heterocycles. The molecule has 1 saturated heterocycles. The molecule has 26 heavy (non-hydrogen) atoms. The minimum Gasteiger partial charge on any atom is -0.356 e. The fourth-order valence-electron chi connectivity index (χ4n) is 3.59. The Morgan fingerprint density at radius 1 is 1.23 bits per heavy atom. The van der Waals surface area contributed by atoms with Gasteiger partial charge in [-0.1, -0.05) is 62.4 Å². The maximum Gasteiger partial charge on any atom is 0.223 e. The Morgan fingerprint density at radius 2 is 1.88 bits per heavy atom. The van der Waals surface area contributed by atoms with E-state index in [9.17, 15) is 4.79 Å². The van der Waals surface area contributed by atoms with Crippen LogP contribution >= 0.6 is 23.2 Å². The molecule has 0 unspecified atom stereocenters. The summed E-state index contributed by atoms with van der Waals surface area (Å²) in [4.78, 5) is 14.8. The van der Waals surface area contributed by atoms with E-state index in [-0.39, 0.29) is 11.8 Å². The van der Waals surface area contributed by atoms with Gasteiger partial charge in [0.25, 0.3) is 0 Å². The van der Waals surface area contributed by atoms with Gasteiger partial charge in [-0.15, -0.1) is 0 Å². The lowest BCUT2D eigenvalue weighted by molar-refractivity contribution is -0.126. The summed E-state index contributed by atoms with van der Waals surface area (Å²) in [6, 6.07) is 5.63. The first-order valence-electron chi connectivity index (χ1n) is 9.98. The molecule has 1 aromatic rings.